The fourth-order valence-corrected chi connectivity index (χ4v) is 2.81. The molecule has 102 valence electrons. The maximum absolute atomic E-state index is 3.53. The second-order valence-corrected chi connectivity index (χ2v) is 5.37. The number of hydrogen-bond acceptors (Lipinski definition) is 1. The fourth-order valence-electron chi connectivity index (χ4n) is 2.81. The highest BCUT2D eigenvalue weighted by atomic mass is 15.0. The summed E-state index contributed by atoms with van der Waals surface area (Å²) in [6.45, 7) is 12.8. The number of anilines is 1. The maximum Gasteiger partial charge on any atom is 0.0418 e. The smallest absolute Gasteiger partial charge is 0.0418 e. The largest absolute Gasteiger partial charge is 0.381 e. The van der Waals surface area contributed by atoms with Crippen LogP contribution in [0.1, 0.15) is 35.0 Å². The average Bonchev–Trinajstić information content (AvgIpc) is 2.60. The molecule has 1 aromatic carbocycles. The van der Waals surface area contributed by atoms with E-state index in [2.05, 4.69) is 68.8 Å². The molecule has 0 atom stereocenters. The van der Waals surface area contributed by atoms with Gasteiger partial charge in [0.15, 0.2) is 0 Å². The molecule has 0 aliphatic carbocycles. The molecule has 19 heavy (non-hydrogen) atoms. The van der Waals surface area contributed by atoms with E-state index in [1.165, 1.54) is 33.8 Å². The molecule has 1 N–H and O–H groups in total. The van der Waals surface area contributed by atoms with Crippen molar-refractivity contribution < 1.29 is 0 Å². The second-order valence-electron chi connectivity index (χ2n) is 5.37. The van der Waals surface area contributed by atoms with Crippen molar-refractivity contribution in [2.75, 3.05) is 5.32 Å². The third-order valence-electron chi connectivity index (χ3n) is 3.70. The maximum atomic E-state index is 3.53. The van der Waals surface area contributed by atoms with Gasteiger partial charge in [-0.15, -0.1) is 0 Å². The zero-order valence-corrected chi connectivity index (χ0v) is 12.7. The minimum Gasteiger partial charge on any atom is -0.381 e. The molecule has 0 bridgehead atoms. The summed E-state index contributed by atoms with van der Waals surface area (Å²) in [6, 6.07) is 8.89. The van der Waals surface area contributed by atoms with Crippen molar-refractivity contribution in [2.24, 2.45) is 0 Å². The van der Waals surface area contributed by atoms with E-state index in [-0.39, 0.29) is 0 Å². The first-order valence-corrected chi connectivity index (χ1v) is 6.99. The summed E-state index contributed by atoms with van der Waals surface area (Å²) in [7, 11) is 0. The minimum atomic E-state index is 0.891. The van der Waals surface area contributed by atoms with Gasteiger partial charge in [0.1, 0.15) is 0 Å². The summed E-state index contributed by atoms with van der Waals surface area (Å²) < 4.78 is 2.36. The third-order valence-corrected chi connectivity index (χ3v) is 3.70. The number of aryl methyl sites for hydroxylation is 3. The van der Waals surface area contributed by atoms with E-state index in [9.17, 15) is 0 Å². The number of hydrogen-bond donors (Lipinski definition) is 1. The molecule has 1 heterocycles. The summed E-state index contributed by atoms with van der Waals surface area (Å²) in [6.07, 6.45) is 0. The highest BCUT2D eigenvalue weighted by Gasteiger charge is 2.07. The monoisotopic (exact) mass is 256 g/mol. The molecule has 2 nitrogen and oxygen atoms in total. The summed E-state index contributed by atoms with van der Waals surface area (Å²) in [5.41, 5.74) is 7.93. The van der Waals surface area contributed by atoms with Gasteiger partial charge in [0.25, 0.3) is 0 Å². The van der Waals surface area contributed by atoms with Crippen molar-refractivity contribution in [3.8, 4) is 0 Å². The lowest BCUT2D eigenvalue weighted by molar-refractivity contribution is 0.715. The minimum absolute atomic E-state index is 0.891. The lowest BCUT2D eigenvalue weighted by atomic mass is 10.1. The van der Waals surface area contributed by atoms with Crippen LogP contribution >= 0.6 is 0 Å². The van der Waals surface area contributed by atoms with E-state index in [1.54, 1.807) is 0 Å². The molecule has 0 aliphatic heterocycles. The van der Waals surface area contributed by atoms with E-state index in [0.29, 0.717) is 0 Å². The van der Waals surface area contributed by atoms with Crippen LogP contribution in [0, 0.1) is 27.7 Å². The van der Waals surface area contributed by atoms with Crippen LogP contribution in [0.2, 0.25) is 0 Å². The van der Waals surface area contributed by atoms with Crippen LogP contribution in [0.25, 0.3) is 0 Å². The van der Waals surface area contributed by atoms with Gasteiger partial charge in [0.2, 0.25) is 0 Å². The number of nitrogens with zero attached hydrogens (tertiary/aromatic N) is 1. The van der Waals surface area contributed by atoms with Gasteiger partial charge in [-0.2, -0.15) is 0 Å². The van der Waals surface area contributed by atoms with Crippen LogP contribution in [0.5, 0.6) is 0 Å². The van der Waals surface area contributed by atoms with Gasteiger partial charge in [0, 0.05) is 30.2 Å². The van der Waals surface area contributed by atoms with Crippen LogP contribution in [0.4, 0.5) is 5.69 Å². The molecule has 0 amide bonds. The number of aromatic nitrogens is 1. The molecule has 2 heteroatoms. The summed E-state index contributed by atoms with van der Waals surface area (Å²) in [5, 5.41) is 3.53. The van der Waals surface area contributed by atoms with Crippen LogP contribution in [0.3, 0.4) is 0 Å². The Morgan fingerprint density at radius 1 is 0.947 bits per heavy atom. The van der Waals surface area contributed by atoms with E-state index in [4.69, 9.17) is 0 Å². The molecule has 0 saturated heterocycles. The molecule has 2 rings (SSSR count). The fraction of sp³-hybridized carbons (Fsp3) is 0.412. The Labute approximate surface area is 116 Å². The average molecular weight is 256 g/mol. The predicted molar refractivity (Wildman–Crippen MR) is 82.8 cm³/mol. The molecule has 0 radical (unpaired) electrons. The van der Waals surface area contributed by atoms with Gasteiger partial charge in [0.05, 0.1) is 0 Å². The van der Waals surface area contributed by atoms with Gasteiger partial charge < -0.3 is 9.88 Å². The van der Waals surface area contributed by atoms with Crippen molar-refractivity contribution in [2.45, 2.75) is 47.7 Å². The van der Waals surface area contributed by atoms with E-state index in [1.807, 2.05) is 0 Å². The highest BCUT2D eigenvalue weighted by molar-refractivity contribution is 5.49. The van der Waals surface area contributed by atoms with Crippen LogP contribution < -0.4 is 5.32 Å². The van der Waals surface area contributed by atoms with Crippen LogP contribution in [-0.2, 0) is 13.1 Å². The normalized spacial score (nSPS) is 10.8. The van der Waals surface area contributed by atoms with Crippen molar-refractivity contribution in [1.29, 1.82) is 0 Å². The Kier molecular flexibility index (Phi) is 3.98. The first-order valence-electron chi connectivity index (χ1n) is 6.99. The summed E-state index contributed by atoms with van der Waals surface area (Å²) in [4.78, 5) is 0. The number of nitrogens with one attached hydrogen (secondary N) is 1. The highest BCUT2D eigenvalue weighted by Crippen LogP contribution is 2.18. The summed E-state index contributed by atoms with van der Waals surface area (Å²) in [5.74, 6) is 0. The molecule has 0 aliphatic rings. The summed E-state index contributed by atoms with van der Waals surface area (Å²) >= 11 is 0. The molecule has 1 aromatic heterocycles. The quantitative estimate of drug-likeness (QED) is 0.860. The van der Waals surface area contributed by atoms with Gasteiger partial charge in [-0.1, -0.05) is 6.07 Å². The molecule has 0 spiro atoms. The lowest BCUT2D eigenvalue weighted by Gasteiger charge is -2.09. The van der Waals surface area contributed by atoms with E-state index < -0.39 is 0 Å². The molecule has 0 unspecified atom stereocenters. The van der Waals surface area contributed by atoms with E-state index in [0.717, 1.165) is 13.1 Å². The number of rotatable bonds is 4. The van der Waals surface area contributed by atoms with Crippen molar-refractivity contribution in [1.82, 2.24) is 4.57 Å². The number of benzene rings is 1. The van der Waals surface area contributed by atoms with Gasteiger partial charge in [-0.3, -0.25) is 0 Å². The Morgan fingerprint density at radius 3 is 2.11 bits per heavy atom. The first-order chi connectivity index (χ1) is 9.01. The van der Waals surface area contributed by atoms with Crippen molar-refractivity contribution >= 4 is 5.69 Å². The molecular formula is C17H24N2. The lowest BCUT2D eigenvalue weighted by Crippen LogP contribution is -2.03. The van der Waals surface area contributed by atoms with E-state index >= 15 is 0 Å². The Balaban J connectivity index is 2.14. The van der Waals surface area contributed by atoms with Gasteiger partial charge in [-0.25, -0.2) is 0 Å². The molecule has 0 fully saturated rings. The first kappa shape index (κ1) is 13.7. The van der Waals surface area contributed by atoms with Crippen molar-refractivity contribution in [3.05, 3.63) is 52.3 Å². The molecule has 2 aromatic rings. The van der Waals surface area contributed by atoms with Crippen LogP contribution in [-0.4, -0.2) is 4.57 Å². The second kappa shape index (κ2) is 5.52. The topological polar surface area (TPSA) is 17.0 Å². The molecule has 0 saturated carbocycles. The zero-order valence-electron chi connectivity index (χ0n) is 12.7. The Hall–Kier alpha value is -1.70. The zero-order chi connectivity index (χ0) is 14.0. The van der Waals surface area contributed by atoms with Gasteiger partial charge >= 0.3 is 0 Å². The standard InChI is InChI=1S/C17H24N2/c1-6-19-14(4)10-16(15(19)5)11-18-17-8-12(2)7-13(3)9-17/h7-10,18H,6,11H2,1-5H3. The third kappa shape index (κ3) is 3.01. The molecular weight excluding hydrogens is 232 g/mol. The SMILES string of the molecule is CCn1c(C)cc(CNc2cc(C)cc(C)c2)c1C. The van der Waals surface area contributed by atoms with Crippen molar-refractivity contribution in [3.63, 3.8) is 0 Å². The predicted octanol–water partition coefficient (Wildman–Crippen LogP) is 4.35. The van der Waals surface area contributed by atoms with Crippen LogP contribution in [0.15, 0.2) is 24.3 Å². The Morgan fingerprint density at radius 2 is 1.58 bits per heavy atom. The Bertz CT molecular complexity index is 559. The van der Waals surface area contributed by atoms with Gasteiger partial charge in [-0.05, 0) is 69.5 Å².